The van der Waals surface area contributed by atoms with Crippen LogP contribution in [0.15, 0.2) is 18.2 Å². The summed E-state index contributed by atoms with van der Waals surface area (Å²) in [6, 6.07) is 4.62. The quantitative estimate of drug-likeness (QED) is 0.793. The Labute approximate surface area is 101 Å². The molecule has 0 aliphatic heterocycles. The predicted octanol–water partition coefficient (Wildman–Crippen LogP) is 2.94. The van der Waals surface area contributed by atoms with Crippen LogP contribution in [0.25, 0.3) is 0 Å². The summed E-state index contributed by atoms with van der Waals surface area (Å²) in [6.45, 7) is 3.35. The molecule has 0 aliphatic carbocycles. The summed E-state index contributed by atoms with van der Waals surface area (Å²) in [5.74, 6) is 0.167. The molecule has 0 heterocycles. The summed E-state index contributed by atoms with van der Waals surface area (Å²) in [4.78, 5) is 11.6. The highest BCUT2D eigenvalue weighted by Gasteiger charge is 2.23. The molecular weight excluding hydrogens is 223 g/mol. The Morgan fingerprint density at radius 2 is 1.76 bits per heavy atom. The fourth-order valence-corrected chi connectivity index (χ4v) is 1.47. The van der Waals surface area contributed by atoms with Crippen LogP contribution in [-0.2, 0) is 4.79 Å². The van der Waals surface area contributed by atoms with Crippen LogP contribution in [0.4, 0.5) is 4.39 Å². The number of halogens is 1. The molecular formula is C13H17FO3. The molecule has 0 saturated heterocycles. The lowest BCUT2D eigenvalue weighted by molar-refractivity contribution is -0.127. The first-order valence-electron chi connectivity index (χ1n) is 5.41. The summed E-state index contributed by atoms with van der Waals surface area (Å²) in [7, 11) is 2.98. The molecule has 3 nitrogen and oxygen atoms in total. The Kier molecular flexibility index (Phi) is 4.49. The van der Waals surface area contributed by atoms with E-state index in [9.17, 15) is 9.18 Å². The molecule has 0 fully saturated rings. The van der Waals surface area contributed by atoms with E-state index in [0.717, 1.165) is 0 Å². The number of benzene rings is 1. The van der Waals surface area contributed by atoms with Gasteiger partial charge in [-0.1, -0.05) is 19.9 Å². The lowest BCUT2D eigenvalue weighted by Gasteiger charge is -2.13. The second kappa shape index (κ2) is 5.66. The standard InChI is InChI=1S/C13H17FO3/c1-8(2)13(15)12(14)9-5-6-10(16-3)11(7-9)17-4/h5-8,12H,1-4H3. The zero-order valence-electron chi connectivity index (χ0n) is 10.5. The molecule has 17 heavy (non-hydrogen) atoms. The number of Topliss-reactive ketones (excluding diaryl/α,β-unsaturated/α-hetero) is 1. The van der Waals surface area contributed by atoms with Crippen LogP contribution in [0.2, 0.25) is 0 Å². The van der Waals surface area contributed by atoms with Crippen LogP contribution < -0.4 is 9.47 Å². The molecule has 1 atom stereocenters. The van der Waals surface area contributed by atoms with Crippen LogP contribution in [0, 0.1) is 5.92 Å². The summed E-state index contributed by atoms with van der Waals surface area (Å²) >= 11 is 0. The highest BCUT2D eigenvalue weighted by Crippen LogP contribution is 2.32. The largest absolute Gasteiger partial charge is 0.493 e. The monoisotopic (exact) mass is 240 g/mol. The third kappa shape index (κ3) is 2.96. The maximum atomic E-state index is 13.9. The number of methoxy groups -OCH3 is 2. The van der Waals surface area contributed by atoms with Crippen molar-refractivity contribution in [2.24, 2.45) is 5.92 Å². The van der Waals surface area contributed by atoms with E-state index in [1.54, 1.807) is 19.9 Å². The highest BCUT2D eigenvalue weighted by molar-refractivity contribution is 5.86. The number of carbonyl (C=O) groups excluding carboxylic acids is 1. The molecule has 1 aromatic carbocycles. The zero-order chi connectivity index (χ0) is 13.0. The first-order chi connectivity index (χ1) is 8.01. The molecule has 94 valence electrons. The number of hydrogen-bond donors (Lipinski definition) is 0. The number of rotatable bonds is 5. The van der Waals surface area contributed by atoms with Gasteiger partial charge >= 0.3 is 0 Å². The Morgan fingerprint density at radius 3 is 2.24 bits per heavy atom. The maximum Gasteiger partial charge on any atom is 0.184 e. The molecule has 0 bridgehead atoms. The summed E-state index contributed by atoms with van der Waals surface area (Å²) in [5, 5.41) is 0. The third-order valence-corrected chi connectivity index (χ3v) is 2.52. The minimum absolute atomic E-state index is 0.293. The van der Waals surface area contributed by atoms with Crippen LogP contribution in [0.5, 0.6) is 11.5 Å². The number of hydrogen-bond acceptors (Lipinski definition) is 3. The van der Waals surface area contributed by atoms with Gasteiger partial charge in [0.2, 0.25) is 0 Å². The van der Waals surface area contributed by atoms with E-state index in [0.29, 0.717) is 17.1 Å². The van der Waals surface area contributed by atoms with E-state index in [4.69, 9.17) is 9.47 Å². The van der Waals surface area contributed by atoms with Crippen molar-refractivity contribution in [3.63, 3.8) is 0 Å². The van der Waals surface area contributed by atoms with Gasteiger partial charge in [0.05, 0.1) is 14.2 Å². The smallest absolute Gasteiger partial charge is 0.184 e. The zero-order valence-corrected chi connectivity index (χ0v) is 10.5. The number of ether oxygens (including phenoxy) is 2. The molecule has 0 saturated carbocycles. The van der Waals surface area contributed by atoms with E-state index in [1.165, 1.54) is 26.4 Å². The van der Waals surface area contributed by atoms with Gasteiger partial charge in [0.15, 0.2) is 23.5 Å². The Hall–Kier alpha value is -1.58. The lowest BCUT2D eigenvalue weighted by atomic mass is 9.99. The minimum atomic E-state index is -1.62. The molecule has 0 spiro atoms. The summed E-state index contributed by atoms with van der Waals surface area (Å²) in [5.41, 5.74) is 0.293. The van der Waals surface area contributed by atoms with E-state index in [1.807, 2.05) is 0 Å². The van der Waals surface area contributed by atoms with Crippen molar-refractivity contribution >= 4 is 5.78 Å². The van der Waals surface area contributed by atoms with Gasteiger partial charge in [-0.15, -0.1) is 0 Å². The van der Waals surface area contributed by atoms with E-state index < -0.39 is 12.0 Å². The van der Waals surface area contributed by atoms with Gasteiger partial charge in [-0.25, -0.2) is 4.39 Å². The molecule has 1 unspecified atom stereocenters. The van der Waals surface area contributed by atoms with Gasteiger partial charge in [0.1, 0.15) is 0 Å². The fraction of sp³-hybridized carbons (Fsp3) is 0.462. The first kappa shape index (κ1) is 13.5. The summed E-state index contributed by atoms with van der Waals surface area (Å²) in [6.07, 6.45) is -1.62. The lowest BCUT2D eigenvalue weighted by Crippen LogP contribution is -2.14. The average Bonchev–Trinajstić information content (AvgIpc) is 2.35. The maximum absolute atomic E-state index is 13.9. The van der Waals surface area contributed by atoms with Crippen molar-refractivity contribution < 1.29 is 18.7 Å². The molecule has 1 rings (SSSR count). The SMILES string of the molecule is COc1ccc(C(F)C(=O)C(C)C)cc1OC. The third-order valence-electron chi connectivity index (χ3n) is 2.52. The van der Waals surface area contributed by atoms with Crippen molar-refractivity contribution in [3.05, 3.63) is 23.8 Å². The van der Waals surface area contributed by atoms with Crippen molar-refractivity contribution in [2.75, 3.05) is 14.2 Å². The summed E-state index contributed by atoms with van der Waals surface area (Å²) < 4.78 is 24.0. The second-order valence-corrected chi connectivity index (χ2v) is 4.03. The first-order valence-corrected chi connectivity index (χ1v) is 5.41. The molecule has 0 aliphatic rings. The van der Waals surface area contributed by atoms with Crippen molar-refractivity contribution in [1.82, 2.24) is 0 Å². The number of ketones is 1. The van der Waals surface area contributed by atoms with Gasteiger partial charge < -0.3 is 9.47 Å². The average molecular weight is 240 g/mol. The number of carbonyl (C=O) groups is 1. The molecule has 0 N–H and O–H groups in total. The number of alkyl halides is 1. The predicted molar refractivity (Wildman–Crippen MR) is 63.2 cm³/mol. The Bertz CT molecular complexity index is 402. The highest BCUT2D eigenvalue weighted by atomic mass is 19.1. The molecule has 0 amide bonds. The molecule has 0 aromatic heterocycles. The van der Waals surface area contributed by atoms with E-state index >= 15 is 0 Å². The van der Waals surface area contributed by atoms with Crippen molar-refractivity contribution in [1.29, 1.82) is 0 Å². The molecule has 4 heteroatoms. The van der Waals surface area contributed by atoms with Crippen molar-refractivity contribution in [2.45, 2.75) is 20.0 Å². The van der Waals surface area contributed by atoms with Crippen LogP contribution >= 0.6 is 0 Å². The van der Waals surface area contributed by atoms with E-state index in [2.05, 4.69) is 0 Å². The van der Waals surface area contributed by atoms with Crippen molar-refractivity contribution in [3.8, 4) is 11.5 Å². The Morgan fingerprint density at radius 1 is 1.18 bits per heavy atom. The van der Waals surface area contributed by atoms with Gasteiger partial charge in [-0.2, -0.15) is 0 Å². The topological polar surface area (TPSA) is 35.5 Å². The van der Waals surface area contributed by atoms with Crippen LogP contribution in [-0.4, -0.2) is 20.0 Å². The van der Waals surface area contributed by atoms with Gasteiger partial charge in [-0.05, 0) is 17.7 Å². The fourth-order valence-electron chi connectivity index (χ4n) is 1.47. The van der Waals surface area contributed by atoms with E-state index in [-0.39, 0.29) is 5.92 Å². The Balaban J connectivity index is 3.03. The van der Waals surface area contributed by atoms with Gasteiger partial charge in [0, 0.05) is 5.92 Å². The minimum Gasteiger partial charge on any atom is -0.493 e. The van der Waals surface area contributed by atoms with Gasteiger partial charge in [-0.3, -0.25) is 4.79 Å². The molecule has 1 aromatic rings. The van der Waals surface area contributed by atoms with Gasteiger partial charge in [0.25, 0.3) is 0 Å². The van der Waals surface area contributed by atoms with Crippen LogP contribution in [0.3, 0.4) is 0 Å². The molecule has 0 radical (unpaired) electrons. The second-order valence-electron chi connectivity index (χ2n) is 4.03. The normalized spacial score (nSPS) is 12.4. The van der Waals surface area contributed by atoms with Crippen LogP contribution in [0.1, 0.15) is 25.6 Å².